The van der Waals surface area contributed by atoms with Gasteiger partial charge in [-0.2, -0.15) is 0 Å². The molecule has 0 aliphatic heterocycles. The lowest BCUT2D eigenvalue weighted by atomic mass is 10.00. The lowest BCUT2D eigenvalue weighted by Crippen LogP contribution is -1.78. The lowest BCUT2D eigenvalue weighted by Gasteiger charge is -2.05. The second-order valence-corrected chi connectivity index (χ2v) is 6.93. The topological polar surface area (TPSA) is 15.8 Å². The maximum absolute atomic E-state index is 3.74. The summed E-state index contributed by atoms with van der Waals surface area (Å²) < 4.78 is 1.14. The molecule has 0 fully saturated rings. The molecule has 0 atom stereocenters. The lowest BCUT2D eigenvalue weighted by molar-refractivity contribution is 1.55. The molecular weight excluding hydrogens is 358 g/mol. The molecule has 0 saturated carbocycles. The Kier molecular flexibility index (Phi) is 3.00. The SMILES string of the molecule is Brc1cccc2ccc3[nH]c4ccc(-c5ccccc5)cc4c3c12. The first-order valence-electron chi connectivity index (χ1n) is 7.99. The summed E-state index contributed by atoms with van der Waals surface area (Å²) in [6.45, 7) is 0. The second-order valence-electron chi connectivity index (χ2n) is 6.08. The first-order valence-corrected chi connectivity index (χ1v) is 8.79. The van der Waals surface area contributed by atoms with Crippen molar-refractivity contribution in [2.75, 3.05) is 0 Å². The van der Waals surface area contributed by atoms with Crippen molar-refractivity contribution in [3.05, 3.63) is 83.3 Å². The molecular formula is C22H14BrN. The van der Waals surface area contributed by atoms with Crippen molar-refractivity contribution in [3.8, 4) is 11.1 Å². The van der Waals surface area contributed by atoms with Crippen LogP contribution in [0.2, 0.25) is 0 Å². The molecule has 114 valence electrons. The number of halogens is 1. The fourth-order valence-electron chi connectivity index (χ4n) is 3.53. The van der Waals surface area contributed by atoms with Crippen molar-refractivity contribution in [1.29, 1.82) is 0 Å². The largest absolute Gasteiger partial charge is 0.354 e. The number of aromatic amines is 1. The molecule has 1 N–H and O–H groups in total. The van der Waals surface area contributed by atoms with Crippen LogP contribution in [0.4, 0.5) is 0 Å². The van der Waals surface area contributed by atoms with E-state index >= 15 is 0 Å². The number of aromatic nitrogens is 1. The number of H-pyrrole nitrogens is 1. The van der Waals surface area contributed by atoms with Gasteiger partial charge in [-0.05, 0) is 40.8 Å². The van der Waals surface area contributed by atoms with Crippen LogP contribution in [-0.4, -0.2) is 4.98 Å². The van der Waals surface area contributed by atoms with Crippen LogP contribution in [0.25, 0.3) is 43.7 Å². The van der Waals surface area contributed by atoms with Gasteiger partial charge in [0.25, 0.3) is 0 Å². The van der Waals surface area contributed by atoms with Crippen LogP contribution in [0, 0.1) is 0 Å². The molecule has 4 aromatic carbocycles. The standard InChI is InChI=1S/C22H14BrN/c23-18-8-4-7-15-9-12-20-22(21(15)18)17-13-16(10-11-19(17)24-20)14-5-2-1-3-6-14/h1-13,24H. The molecule has 24 heavy (non-hydrogen) atoms. The summed E-state index contributed by atoms with van der Waals surface area (Å²) in [5.74, 6) is 0. The van der Waals surface area contributed by atoms with E-state index in [-0.39, 0.29) is 0 Å². The minimum absolute atomic E-state index is 1.14. The van der Waals surface area contributed by atoms with E-state index in [2.05, 4.69) is 99.8 Å². The fraction of sp³-hybridized carbons (Fsp3) is 0. The number of hydrogen-bond acceptors (Lipinski definition) is 0. The van der Waals surface area contributed by atoms with E-state index in [0.29, 0.717) is 0 Å². The maximum atomic E-state index is 3.74. The average Bonchev–Trinajstić information content (AvgIpc) is 3.00. The fourth-order valence-corrected chi connectivity index (χ4v) is 4.11. The van der Waals surface area contributed by atoms with E-state index < -0.39 is 0 Å². The Morgan fingerprint density at radius 2 is 1.46 bits per heavy atom. The highest BCUT2D eigenvalue weighted by Crippen LogP contribution is 2.37. The highest BCUT2D eigenvalue weighted by molar-refractivity contribution is 9.10. The summed E-state index contributed by atoms with van der Waals surface area (Å²) in [4.78, 5) is 3.56. The molecule has 2 heteroatoms. The van der Waals surface area contributed by atoms with Gasteiger partial charge in [0, 0.05) is 31.7 Å². The molecule has 0 aliphatic rings. The first-order chi connectivity index (χ1) is 11.8. The summed E-state index contributed by atoms with van der Waals surface area (Å²) in [6, 6.07) is 27.9. The number of nitrogens with one attached hydrogen (secondary N) is 1. The molecule has 0 aliphatic carbocycles. The predicted octanol–water partition coefficient (Wildman–Crippen LogP) is 6.90. The zero-order valence-corrected chi connectivity index (χ0v) is 14.5. The van der Waals surface area contributed by atoms with Gasteiger partial charge in [-0.3, -0.25) is 0 Å². The third kappa shape index (κ3) is 2.00. The average molecular weight is 372 g/mol. The normalized spacial score (nSPS) is 11.5. The summed E-state index contributed by atoms with van der Waals surface area (Å²) in [7, 11) is 0. The molecule has 5 aromatic rings. The van der Waals surface area contributed by atoms with Crippen LogP contribution in [0.1, 0.15) is 0 Å². The molecule has 0 spiro atoms. The number of fused-ring (bicyclic) bond motifs is 5. The van der Waals surface area contributed by atoms with Gasteiger partial charge in [0.2, 0.25) is 0 Å². The van der Waals surface area contributed by atoms with Gasteiger partial charge in [-0.1, -0.05) is 70.5 Å². The van der Waals surface area contributed by atoms with Gasteiger partial charge < -0.3 is 4.98 Å². The smallest absolute Gasteiger partial charge is 0.0471 e. The predicted molar refractivity (Wildman–Crippen MR) is 106 cm³/mol. The van der Waals surface area contributed by atoms with E-state index in [1.165, 1.54) is 43.7 Å². The third-order valence-corrected chi connectivity index (χ3v) is 5.32. The van der Waals surface area contributed by atoms with Gasteiger partial charge >= 0.3 is 0 Å². The summed E-state index contributed by atoms with van der Waals surface area (Å²) in [5.41, 5.74) is 4.84. The van der Waals surface area contributed by atoms with Crippen molar-refractivity contribution in [1.82, 2.24) is 4.98 Å². The van der Waals surface area contributed by atoms with Crippen molar-refractivity contribution >= 4 is 48.5 Å². The Morgan fingerprint density at radius 1 is 0.625 bits per heavy atom. The van der Waals surface area contributed by atoms with Gasteiger partial charge in [0.15, 0.2) is 0 Å². The Morgan fingerprint density at radius 3 is 2.33 bits per heavy atom. The molecule has 0 saturated heterocycles. The molecule has 1 aromatic heterocycles. The molecule has 0 unspecified atom stereocenters. The highest BCUT2D eigenvalue weighted by Gasteiger charge is 2.11. The minimum atomic E-state index is 1.14. The summed E-state index contributed by atoms with van der Waals surface area (Å²) in [6.07, 6.45) is 0. The zero-order valence-electron chi connectivity index (χ0n) is 12.9. The Balaban J connectivity index is 1.93. The Bertz CT molecular complexity index is 1200. The van der Waals surface area contributed by atoms with Crippen LogP contribution in [0.15, 0.2) is 83.3 Å². The highest BCUT2D eigenvalue weighted by atomic mass is 79.9. The summed E-state index contributed by atoms with van der Waals surface area (Å²) >= 11 is 3.74. The van der Waals surface area contributed by atoms with E-state index in [9.17, 15) is 0 Å². The number of benzene rings is 4. The van der Waals surface area contributed by atoms with E-state index in [1.54, 1.807) is 0 Å². The van der Waals surface area contributed by atoms with Crippen molar-refractivity contribution in [2.24, 2.45) is 0 Å². The van der Waals surface area contributed by atoms with Crippen molar-refractivity contribution in [3.63, 3.8) is 0 Å². The quantitative estimate of drug-likeness (QED) is 0.329. The van der Waals surface area contributed by atoms with Crippen molar-refractivity contribution in [2.45, 2.75) is 0 Å². The molecule has 0 radical (unpaired) electrons. The molecule has 1 heterocycles. The van der Waals surface area contributed by atoms with Gasteiger partial charge in [-0.15, -0.1) is 0 Å². The summed E-state index contributed by atoms with van der Waals surface area (Å²) in [5, 5.41) is 5.07. The Hall–Kier alpha value is -2.58. The zero-order chi connectivity index (χ0) is 16.1. The second kappa shape index (κ2) is 5.22. The number of rotatable bonds is 1. The monoisotopic (exact) mass is 371 g/mol. The van der Waals surface area contributed by atoms with Gasteiger partial charge in [-0.25, -0.2) is 0 Å². The van der Waals surface area contributed by atoms with Crippen LogP contribution in [0.5, 0.6) is 0 Å². The van der Waals surface area contributed by atoms with E-state index in [1.807, 2.05) is 0 Å². The third-order valence-electron chi connectivity index (χ3n) is 4.66. The van der Waals surface area contributed by atoms with Crippen LogP contribution in [-0.2, 0) is 0 Å². The first kappa shape index (κ1) is 13.8. The van der Waals surface area contributed by atoms with Gasteiger partial charge in [0.1, 0.15) is 0 Å². The number of hydrogen-bond donors (Lipinski definition) is 1. The molecule has 1 nitrogen and oxygen atoms in total. The van der Waals surface area contributed by atoms with E-state index in [4.69, 9.17) is 0 Å². The van der Waals surface area contributed by atoms with Gasteiger partial charge in [0.05, 0.1) is 0 Å². The molecule has 5 rings (SSSR count). The molecule has 0 bridgehead atoms. The Labute approximate surface area is 148 Å². The molecule has 0 amide bonds. The van der Waals surface area contributed by atoms with Crippen LogP contribution < -0.4 is 0 Å². The van der Waals surface area contributed by atoms with E-state index in [0.717, 1.165) is 4.47 Å². The minimum Gasteiger partial charge on any atom is -0.354 e. The van der Waals surface area contributed by atoms with Crippen LogP contribution >= 0.6 is 15.9 Å². The van der Waals surface area contributed by atoms with Crippen LogP contribution in [0.3, 0.4) is 0 Å². The van der Waals surface area contributed by atoms with Crippen molar-refractivity contribution < 1.29 is 0 Å². The maximum Gasteiger partial charge on any atom is 0.0471 e.